The number of benzene rings is 3. The highest BCUT2D eigenvalue weighted by atomic mass is 35.5. The molecule has 2 heterocycles. The molecule has 8 nitrogen and oxygen atoms in total. The monoisotopic (exact) mass is 644 g/mol. The number of anilines is 2. The molecule has 3 aromatic carbocycles. The lowest BCUT2D eigenvalue weighted by atomic mass is 10.1. The topological polar surface area (TPSA) is 106 Å². The van der Waals surface area contributed by atoms with Crippen molar-refractivity contribution in [3.05, 3.63) is 101 Å². The van der Waals surface area contributed by atoms with Crippen LogP contribution in [0.2, 0.25) is 5.02 Å². The van der Waals surface area contributed by atoms with Crippen LogP contribution in [0.15, 0.2) is 83.5 Å². The fourth-order valence-corrected chi connectivity index (χ4v) is 6.06. The average molecular weight is 645 g/mol. The number of nitrogens with one attached hydrogen (secondary N) is 2. The third kappa shape index (κ3) is 8.49. The van der Waals surface area contributed by atoms with E-state index in [2.05, 4.69) is 20.6 Å². The Hall–Kier alpha value is -4.13. The molecule has 0 fully saturated rings. The van der Waals surface area contributed by atoms with Crippen molar-refractivity contribution in [1.82, 2.24) is 15.3 Å². The van der Waals surface area contributed by atoms with Crippen molar-refractivity contribution in [1.29, 1.82) is 0 Å². The van der Waals surface area contributed by atoms with Crippen molar-refractivity contribution in [2.24, 2.45) is 0 Å². The Kier molecular flexibility index (Phi) is 9.42. The maximum absolute atomic E-state index is 13.5. The number of hydrogen-bond acceptors (Lipinski definition) is 8. The number of nitrogens with zero attached hydrogens (tertiary/aromatic N) is 2. The number of ether oxygens (including phenoxy) is 1. The molecule has 0 atom stereocenters. The van der Waals surface area contributed by atoms with Crippen LogP contribution in [0.1, 0.15) is 18.2 Å². The third-order valence-corrected chi connectivity index (χ3v) is 8.49. The molecule has 5 rings (SSSR count). The number of hydrogen-bond donors (Lipinski definition) is 2. The largest absolute Gasteiger partial charge is 0.487 e. The summed E-state index contributed by atoms with van der Waals surface area (Å²) in [5.41, 5.74) is 2.79. The van der Waals surface area contributed by atoms with Crippen molar-refractivity contribution in [3.63, 3.8) is 0 Å². The molecule has 44 heavy (non-hydrogen) atoms. The second-order valence-electron chi connectivity index (χ2n) is 10.2. The molecule has 0 aliphatic heterocycles. The van der Waals surface area contributed by atoms with Gasteiger partial charge in [-0.3, -0.25) is 0 Å². The summed E-state index contributed by atoms with van der Waals surface area (Å²) in [6.45, 7) is 0.990. The van der Waals surface area contributed by atoms with Crippen LogP contribution in [0.5, 0.6) is 5.75 Å². The molecule has 0 radical (unpaired) electrons. The number of furan rings is 1. The van der Waals surface area contributed by atoms with Gasteiger partial charge in [0.05, 0.1) is 22.8 Å². The smallest absolute Gasteiger partial charge is 0.259 e. The molecule has 13 heteroatoms. The standard InChI is InChI=1S/C31H28ClF3N4O4S/c1-31(34,35)18-44(40,41)12-11-36-16-24-7-10-28(43-24)21-5-8-27-25(14-21)30(38-19-37-27)39-23-6-9-29(26(32)15-23)42-17-20-3-2-4-22(33)13-20/h2-10,13-15,19,36H,11-12,16-18H2,1H3,(H,37,38,39). The first-order valence-corrected chi connectivity index (χ1v) is 15.7. The van der Waals surface area contributed by atoms with E-state index >= 15 is 0 Å². The minimum atomic E-state index is -3.88. The number of alkyl halides is 2. The van der Waals surface area contributed by atoms with Crippen LogP contribution < -0.4 is 15.4 Å². The quantitative estimate of drug-likeness (QED) is 0.130. The first kappa shape index (κ1) is 31.3. The van der Waals surface area contributed by atoms with E-state index in [1.165, 1.54) is 18.5 Å². The van der Waals surface area contributed by atoms with Crippen LogP contribution in [0, 0.1) is 5.82 Å². The number of halogens is 4. The number of aromatic nitrogens is 2. The van der Waals surface area contributed by atoms with E-state index in [0.29, 0.717) is 51.8 Å². The first-order chi connectivity index (χ1) is 20.9. The minimum Gasteiger partial charge on any atom is -0.487 e. The summed E-state index contributed by atoms with van der Waals surface area (Å²) < 4.78 is 74.9. The molecular weight excluding hydrogens is 617 g/mol. The third-order valence-electron chi connectivity index (χ3n) is 6.42. The lowest BCUT2D eigenvalue weighted by Crippen LogP contribution is -2.30. The Labute approximate surface area is 257 Å². The van der Waals surface area contributed by atoms with Gasteiger partial charge in [0.2, 0.25) is 0 Å². The van der Waals surface area contributed by atoms with Crippen LogP contribution in [0.25, 0.3) is 22.2 Å². The maximum atomic E-state index is 13.5. The number of rotatable bonds is 13. The van der Waals surface area contributed by atoms with Gasteiger partial charge in [0.15, 0.2) is 9.84 Å². The summed E-state index contributed by atoms with van der Waals surface area (Å²) in [5.74, 6) is -3.09. The molecule has 0 aliphatic carbocycles. The summed E-state index contributed by atoms with van der Waals surface area (Å²) >= 11 is 6.46. The molecule has 0 bridgehead atoms. The van der Waals surface area contributed by atoms with Crippen LogP contribution in [0.3, 0.4) is 0 Å². The van der Waals surface area contributed by atoms with Crippen molar-refractivity contribution >= 4 is 43.8 Å². The van der Waals surface area contributed by atoms with E-state index in [4.69, 9.17) is 20.8 Å². The molecule has 2 N–H and O–H groups in total. The Morgan fingerprint density at radius 1 is 1.02 bits per heavy atom. The maximum Gasteiger partial charge on any atom is 0.259 e. The first-order valence-electron chi connectivity index (χ1n) is 13.5. The van der Waals surface area contributed by atoms with E-state index in [-0.39, 0.29) is 25.5 Å². The molecule has 0 saturated heterocycles. The van der Waals surface area contributed by atoms with E-state index in [9.17, 15) is 21.6 Å². The van der Waals surface area contributed by atoms with Gasteiger partial charge in [0, 0.05) is 30.1 Å². The van der Waals surface area contributed by atoms with Gasteiger partial charge in [-0.05, 0) is 66.2 Å². The van der Waals surface area contributed by atoms with E-state index in [1.54, 1.807) is 42.5 Å². The van der Waals surface area contributed by atoms with E-state index in [0.717, 1.165) is 10.9 Å². The van der Waals surface area contributed by atoms with E-state index < -0.39 is 27.3 Å². The van der Waals surface area contributed by atoms with Crippen LogP contribution >= 0.6 is 11.6 Å². The Morgan fingerprint density at radius 2 is 1.86 bits per heavy atom. The summed E-state index contributed by atoms with van der Waals surface area (Å²) in [6, 6.07) is 20.4. The molecule has 0 amide bonds. The van der Waals surface area contributed by atoms with Gasteiger partial charge in [-0.25, -0.2) is 31.6 Å². The van der Waals surface area contributed by atoms with Gasteiger partial charge in [-0.1, -0.05) is 23.7 Å². The molecule has 230 valence electrons. The Bertz CT molecular complexity index is 1880. The van der Waals surface area contributed by atoms with Crippen molar-refractivity contribution < 1.29 is 30.7 Å². The van der Waals surface area contributed by atoms with Crippen molar-refractivity contribution in [2.45, 2.75) is 26.0 Å². The highest BCUT2D eigenvalue weighted by Gasteiger charge is 2.29. The van der Waals surface area contributed by atoms with Gasteiger partial charge in [-0.2, -0.15) is 0 Å². The predicted octanol–water partition coefficient (Wildman–Crippen LogP) is 7.16. The molecule has 2 aromatic heterocycles. The SMILES string of the molecule is CC(F)(F)CS(=O)(=O)CCNCc1ccc(-c2ccc3ncnc(Nc4ccc(OCc5cccc(F)c5)c(Cl)c4)c3c2)o1. The molecule has 0 saturated carbocycles. The highest BCUT2D eigenvalue weighted by molar-refractivity contribution is 7.91. The second kappa shape index (κ2) is 13.2. The second-order valence-corrected chi connectivity index (χ2v) is 12.8. The predicted molar refractivity (Wildman–Crippen MR) is 164 cm³/mol. The highest BCUT2D eigenvalue weighted by Crippen LogP contribution is 2.33. The lowest BCUT2D eigenvalue weighted by Gasteiger charge is -2.12. The normalized spacial score (nSPS) is 12.0. The minimum absolute atomic E-state index is 0.0148. The van der Waals surface area contributed by atoms with Gasteiger partial charge in [0.1, 0.15) is 47.6 Å². The zero-order chi connectivity index (χ0) is 31.3. The van der Waals surface area contributed by atoms with Gasteiger partial charge in [0.25, 0.3) is 5.92 Å². The zero-order valence-corrected chi connectivity index (χ0v) is 25.1. The van der Waals surface area contributed by atoms with Gasteiger partial charge >= 0.3 is 0 Å². The Balaban J connectivity index is 1.24. The Morgan fingerprint density at radius 3 is 2.64 bits per heavy atom. The fourth-order valence-electron chi connectivity index (χ4n) is 4.46. The average Bonchev–Trinajstić information content (AvgIpc) is 3.43. The fraction of sp³-hybridized carbons (Fsp3) is 0.226. The van der Waals surface area contributed by atoms with Gasteiger partial charge in [-0.15, -0.1) is 0 Å². The summed E-state index contributed by atoms with van der Waals surface area (Å²) in [7, 11) is -3.88. The van der Waals surface area contributed by atoms with Crippen LogP contribution in [-0.2, 0) is 23.0 Å². The lowest BCUT2D eigenvalue weighted by molar-refractivity contribution is 0.0474. The molecule has 5 aromatic rings. The molecule has 0 spiro atoms. The van der Waals surface area contributed by atoms with Crippen molar-refractivity contribution in [3.8, 4) is 17.1 Å². The van der Waals surface area contributed by atoms with Crippen LogP contribution in [-0.4, -0.2) is 42.4 Å². The summed E-state index contributed by atoms with van der Waals surface area (Å²) in [6.07, 6.45) is 1.45. The van der Waals surface area contributed by atoms with E-state index in [1.807, 2.05) is 18.2 Å². The molecule has 0 unspecified atom stereocenters. The van der Waals surface area contributed by atoms with Gasteiger partial charge < -0.3 is 19.8 Å². The zero-order valence-electron chi connectivity index (χ0n) is 23.5. The summed E-state index contributed by atoms with van der Waals surface area (Å²) in [5, 5.41) is 7.27. The number of sulfone groups is 1. The molecule has 0 aliphatic rings. The number of fused-ring (bicyclic) bond motifs is 1. The summed E-state index contributed by atoms with van der Waals surface area (Å²) in [4.78, 5) is 8.75. The van der Waals surface area contributed by atoms with Crippen LogP contribution in [0.4, 0.5) is 24.7 Å². The molecular formula is C31H28ClF3N4O4S. The van der Waals surface area contributed by atoms with Crippen molar-refractivity contribution in [2.75, 3.05) is 23.4 Å².